The molecule has 0 aromatic heterocycles. The minimum absolute atomic E-state index is 0.161. The lowest BCUT2D eigenvalue weighted by Crippen LogP contribution is -2.09. The van der Waals surface area contributed by atoms with Crippen LogP contribution in [0.5, 0.6) is 17.2 Å². The minimum Gasteiger partial charge on any atom is -0.493 e. The summed E-state index contributed by atoms with van der Waals surface area (Å²) >= 11 is 0. The fourth-order valence-electron chi connectivity index (χ4n) is 2.41. The molecule has 0 amide bonds. The summed E-state index contributed by atoms with van der Waals surface area (Å²) in [5.41, 5.74) is 2.12. The summed E-state index contributed by atoms with van der Waals surface area (Å²) in [6, 6.07) is 13.5. The van der Waals surface area contributed by atoms with Crippen LogP contribution in [0.25, 0.3) is 0 Å². The van der Waals surface area contributed by atoms with E-state index in [9.17, 15) is 4.79 Å². The summed E-state index contributed by atoms with van der Waals surface area (Å²) < 4.78 is 16.5. The van der Waals surface area contributed by atoms with Gasteiger partial charge in [-0.05, 0) is 41.8 Å². The molecule has 4 rings (SSSR count). The highest BCUT2D eigenvalue weighted by molar-refractivity contribution is 5.69. The van der Waals surface area contributed by atoms with Crippen LogP contribution < -0.4 is 9.47 Å². The van der Waals surface area contributed by atoms with E-state index in [1.165, 1.54) is 0 Å². The van der Waals surface area contributed by atoms with Gasteiger partial charge in [-0.15, -0.1) is 0 Å². The van der Waals surface area contributed by atoms with E-state index in [-0.39, 0.29) is 5.97 Å². The van der Waals surface area contributed by atoms with E-state index in [0.717, 1.165) is 16.9 Å². The molecule has 0 saturated heterocycles. The van der Waals surface area contributed by atoms with Crippen LogP contribution >= 0.6 is 0 Å². The van der Waals surface area contributed by atoms with Crippen molar-refractivity contribution in [3.8, 4) is 17.2 Å². The summed E-state index contributed by atoms with van der Waals surface area (Å²) in [6.07, 6.45) is 1.73. The Balaban J connectivity index is 1.95. The Labute approximate surface area is 129 Å². The van der Waals surface area contributed by atoms with Crippen LogP contribution in [0.4, 0.5) is 0 Å². The normalized spacial score (nSPS) is 14.7. The monoisotopic (exact) mass is 298 g/mol. The molecule has 0 radical (unpaired) electrons. The quantitative estimate of drug-likeness (QED) is 0.756. The fraction of sp³-hybridized carbons (Fsp3) is 0.278. The van der Waals surface area contributed by atoms with Crippen molar-refractivity contribution < 1.29 is 19.0 Å². The van der Waals surface area contributed by atoms with Gasteiger partial charge in [0.2, 0.25) is 0 Å². The molecule has 2 aliphatic rings. The number of aryl methyl sites for hydroxylation is 1. The van der Waals surface area contributed by atoms with Gasteiger partial charge >= 0.3 is 5.97 Å². The van der Waals surface area contributed by atoms with Gasteiger partial charge < -0.3 is 14.2 Å². The van der Waals surface area contributed by atoms with Crippen LogP contribution in [0, 0.1) is 0 Å². The van der Waals surface area contributed by atoms with Crippen molar-refractivity contribution in [2.24, 2.45) is 0 Å². The van der Waals surface area contributed by atoms with Gasteiger partial charge in [-0.3, -0.25) is 4.79 Å². The molecule has 0 saturated carbocycles. The number of hydrogen-bond donors (Lipinski definition) is 0. The molecule has 4 bridgehead atoms. The molecule has 2 heterocycles. The number of ether oxygens (including phenoxy) is 3. The molecule has 0 atom stereocenters. The van der Waals surface area contributed by atoms with Gasteiger partial charge in [-0.25, -0.2) is 0 Å². The second-order valence-electron chi connectivity index (χ2n) is 5.20. The molecule has 0 unspecified atom stereocenters. The van der Waals surface area contributed by atoms with Crippen molar-refractivity contribution in [1.29, 1.82) is 0 Å². The Morgan fingerprint density at radius 3 is 2.50 bits per heavy atom. The molecule has 22 heavy (non-hydrogen) atoms. The number of fused-ring (bicyclic) bond motifs is 7. The van der Waals surface area contributed by atoms with Crippen LogP contribution in [0.1, 0.15) is 17.5 Å². The molecule has 2 aliphatic heterocycles. The van der Waals surface area contributed by atoms with Crippen molar-refractivity contribution in [2.75, 3.05) is 13.7 Å². The van der Waals surface area contributed by atoms with Gasteiger partial charge in [0.05, 0.1) is 13.7 Å². The number of benzene rings is 2. The van der Waals surface area contributed by atoms with Gasteiger partial charge in [-0.2, -0.15) is 0 Å². The van der Waals surface area contributed by atoms with E-state index in [0.29, 0.717) is 37.4 Å². The number of methoxy groups -OCH3 is 1. The zero-order chi connectivity index (χ0) is 15.4. The minimum atomic E-state index is -0.161. The van der Waals surface area contributed by atoms with E-state index in [1.807, 2.05) is 42.5 Å². The molecule has 0 fully saturated rings. The van der Waals surface area contributed by atoms with Gasteiger partial charge in [0.15, 0.2) is 11.5 Å². The lowest BCUT2D eigenvalue weighted by Gasteiger charge is -2.13. The van der Waals surface area contributed by atoms with Gasteiger partial charge in [0, 0.05) is 12.8 Å². The third-order valence-corrected chi connectivity index (χ3v) is 3.65. The van der Waals surface area contributed by atoms with Crippen molar-refractivity contribution in [1.82, 2.24) is 0 Å². The highest BCUT2D eigenvalue weighted by Crippen LogP contribution is 2.32. The van der Waals surface area contributed by atoms with E-state index < -0.39 is 0 Å². The standard InChI is InChI=1S/C18H18O4/c1-20-16-8-4-14-10-11-21-18(19)9-5-13-2-6-15(7-3-13)22-17(16)12-14/h2-4,6-8,12H,5,9-11H2,1H3. The maximum Gasteiger partial charge on any atom is 0.306 e. The Morgan fingerprint density at radius 2 is 1.73 bits per heavy atom. The highest BCUT2D eigenvalue weighted by Gasteiger charge is 2.10. The Bertz CT molecular complexity index is 661. The lowest BCUT2D eigenvalue weighted by atomic mass is 10.1. The van der Waals surface area contributed by atoms with Gasteiger partial charge in [0.1, 0.15) is 5.75 Å². The van der Waals surface area contributed by atoms with Crippen molar-refractivity contribution in [3.63, 3.8) is 0 Å². The molecule has 114 valence electrons. The lowest BCUT2D eigenvalue weighted by molar-refractivity contribution is -0.143. The summed E-state index contributed by atoms with van der Waals surface area (Å²) in [4.78, 5) is 11.7. The topological polar surface area (TPSA) is 44.8 Å². The average molecular weight is 298 g/mol. The smallest absolute Gasteiger partial charge is 0.306 e. The summed E-state index contributed by atoms with van der Waals surface area (Å²) in [6.45, 7) is 0.377. The first-order chi connectivity index (χ1) is 10.7. The van der Waals surface area contributed by atoms with E-state index in [1.54, 1.807) is 7.11 Å². The van der Waals surface area contributed by atoms with Gasteiger partial charge in [0.25, 0.3) is 0 Å². The van der Waals surface area contributed by atoms with Crippen LogP contribution in [0.3, 0.4) is 0 Å². The number of carbonyl (C=O) groups is 1. The molecule has 2 aromatic carbocycles. The van der Waals surface area contributed by atoms with Gasteiger partial charge in [-0.1, -0.05) is 18.2 Å². The summed E-state index contributed by atoms with van der Waals surface area (Å²) in [5, 5.41) is 0. The fourth-order valence-corrected chi connectivity index (χ4v) is 2.41. The molecule has 4 heteroatoms. The van der Waals surface area contributed by atoms with Crippen LogP contribution in [0.15, 0.2) is 42.5 Å². The third kappa shape index (κ3) is 3.39. The molecular weight excluding hydrogens is 280 g/mol. The third-order valence-electron chi connectivity index (χ3n) is 3.65. The maximum absolute atomic E-state index is 11.7. The van der Waals surface area contributed by atoms with E-state index in [2.05, 4.69) is 0 Å². The van der Waals surface area contributed by atoms with Crippen molar-refractivity contribution >= 4 is 5.97 Å². The second kappa shape index (κ2) is 6.52. The van der Waals surface area contributed by atoms with Crippen LogP contribution in [-0.4, -0.2) is 19.7 Å². The largest absolute Gasteiger partial charge is 0.493 e. The first-order valence-electron chi connectivity index (χ1n) is 7.34. The predicted octanol–water partition coefficient (Wildman–Crippen LogP) is 3.52. The van der Waals surface area contributed by atoms with E-state index >= 15 is 0 Å². The predicted molar refractivity (Wildman–Crippen MR) is 82.5 cm³/mol. The maximum atomic E-state index is 11.7. The average Bonchev–Trinajstić information content (AvgIpc) is 2.54. The number of hydrogen-bond acceptors (Lipinski definition) is 4. The Morgan fingerprint density at radius 1 is 0.955 bits per heavy atom. The van der Waals surface area contributed by atoms with E-state index in [4.69, 9.17) is 14.2 Å². The summed E-state index contributed by atoms with van der Waals surface area (Å²) in [5.74, 6) is 1.93. The number of carbonyl (C=O) groups excluding carboxylic acids is 1. The molecule has 0 N–H and O–H groups in total. The zero-order valence-electron chi connectivity index (χ0n) is 12.5. The first-order valence-corrected chi connectivity index (χ1v) is 7.34. The zero-order valence-corrected chi connectivity index (χ0v) is 12.5. The Hall–Kier alpha value is -2.49. The Kier molecular flexibility index (Phi) is 4.28. The molecule has 0 aliphatic carbocycles. The van der Waals surface area contributed by atoms with Crippen molar-refractivity contribution in [2.45, 2.75) is 19.3 Å². The van der Waals surface area contributed by atoms with Crippen molar-refractivity contribution in [3.05, 3.63) is 53.6 Å². The molecule has 4 nitrogen and oxygen atoms in total. The number of rotatable bonds is 1. The molecule has 0 spiro atoms. The molecular formula is C18H18O4. The molecule has 2 aromatic rings. The van der Waals surface area contributed by atoms with Crippen LogP contribution in [-0.2, 0) is 22.4 Å². The highest BCUT2D eigenvalue weighted by atomic mass is 16.5. The second-order valence-corrected chi connectivity index (χ2v) is 5.20. The SMILES string of the molecule is COc1ccc2cc1Oc1ccc(cc1)CCC(=O)OCC2. The summed E-state index contributed by atoms with van der Waals surface area (Å²) in [7, 11) is 1.62. The number of esters is 1. The van der Waals surface area contributed by atoms with Crippen LogP contribution in [0.2, 0.25) is 0 Å². The first kappa shape index (κ1) is 14.4.